The Morgan fingerprint density at radius 1 is 0.759 bits per heavy atom. The van der Waals surface area contributed by atoms with E-state index in [9.17, 15) is 9.59 Å². The first-order valence-corrected chi connectivity index (χ1v) is 9.41. The van der Waals surface area contributed by atoms with Crippen molar-refractivity contribution < 1.29 is 19.8 Å². The number of hydrogen-bond acceptors (Lipinski definition) is 5. The fourth-order valence-corrected chi connectivity index (χ4v) is 2.25. The summed E-state index contributed by atoms with van der Waals surface area (Å²) in [6.07, 6.45) is 1.41. The lowest BCUT2D eigenvalue weighted by atomic mass is 10.1. The molecule has 0 saturated carbocycles. The smallest absolute Gasteiger partial charge is 0.321 e. The van der Waals surface area contributed by atoms with Gasteiger partial charge in [0.2, 0.25) is 0 Å². The largest absolute Gasteiger partial charge is 0.481 e. The van der Waals surface area contributed by atoms with Gasteiger partial charge >= 0.3 is 11.9 Å². The van der Waals surface area contributed by atoms with Gasteiger partial charge in [0.15, 0.2) is 0 Å². The van der Waals surface area contributed by atoms with Gasteiger partial charge in [0.1, 0.15) is 6.04 Å². The zero-order valence-corrected chi connectivity index (χ0v) is 17.1. The summed E-state index contributed by atoms with van der Waals surface area (Å²) in [6, 6.07) is 19.8. The van der Waals surface area contributed by atoms with E-state index in [0.29, 0.717) is 0 Å². The summed E-state index contributed by atoms with van der Waals surface area (Å²) < 4.78 is 0. The van der Waals surface area contributed by atoms with E-state index in [1.807, 2.05) is 50.2 Å². The van der Waals surface area contributed by atoms with Crippen LogP contribution in [0.4, 0.5) is 0 Å². The van der Waals surface area contributed by atoms with E-state index >= 15 is 0 Å². The summed E-state index contributed by atoms with van der Waals surface area (Å²) in [5.41, 5.74) is 18.7. The maximum Gasteiger partial charge on any atom is 0.321 e. The highest BCUT2D eigenvalue weighted by molar-refractivity contribution is 5.80. The molecule has 3 atom stereocenters. The van der Waals surface area contributed by atoms with E-state index in [2.05, 4.69) is 24.3 Å². The fourth-order valence-electron chi connectivity index (χ4n) is 2.25. The molecule has 2 rings (SSSR count). The quantitative estimate of drug-likeness (QED) is 0.474. The lowest BCUT2D eigenvalue weighted by Gasteiger charge is -2.02. The molecule has 0 aliphatic carbocycles. The number of carboxylic acid groups (broad SMARTS) is 2. The molecule has 2 aromatic carbocycles. The molecule has 0 spiro atoms. The minimum atomic E-state index is -1.29. The molecule has 8 N–H and O–H groups in total. The molecule has 0 heterocycles. The summed E-state index contributed by atoms with van der Waals surface area (Å²) in [5, 5.41) is 16.0. The zero-order chi connectivity index (χ0) is 22.2. The highest BCUT2D eigenvalue weighted by Crippen LogP contribution is 2.01. The van der Waals surface area contributed by atoms with Crippen LogP contribution in [0, 0.1) is 0 Å². The highest BCUT2D eigenvalue weighted by atomic mass is 16.4. The Morgan fingerprint density at radius 3 is 1.31 bits per heavy atom. The van der Waals surface area contributed by atoms with Crippen molar-refractivity contribution in [1.82, 2.24) is 0 Å². The van der Waals surface area contributed by atoms with Gasteiger partial charge in [-0.3, -0.25) is 9.59 Å². The van der Waals surface area contributed by atoms with Gasteiger partial charge in [-0.1, -0.05) is 60.7 Å². The molecule has 2 unspecified atom stereocenters. The number of hydrogen-bond donors (Lipinski definition) is 5. The maximum atomic E-state index is 9.85. The van der Waals surface area contributed by atoms with Crippen LogP contribution < -0.4 is 17.2 Å². The second kappa shape index (κ2) is 15.2. The Balaban J connectivity index is 0.000000407. The predicted octanol–water partition coefficient (Wildman–Crippen LogP) is 2.03. The molecule has 0 aromatic heterocycles. The molecule has 29 heavy (non-hydrogen) atoms. The van der Waals surface area contributed by atoms with Crippen molar-refractivity contribution in [3.8, 4) is 0 Å². The predicted molar refractivity (Wildman–Crippen MR) is 115 cm³/mol. The number of carboxylic acids is 2. The Morgan fingerprint density at radius 2 is 1.10 bits per heavy atom. The molecule has 2 aromatic rings. The second-order valence-corrected chi connectivity index (χ2v) is 6.88. The topological polar surface area (TPSA) is 153 Å². The molecule has 0 aliphatic heterocycles. The molecular weight excluding hydrogens is 370 g/mol. The lowest BCUT2D eigenvalue weighted by molar-refractivity contribution is -0.144. The minimum absolute atomic E-state index is 0.266. The third-order valence-corrected chi connectivity index (χ3v) is 3.51. The van der Waals surface area contributed by atoms with Crippen LogP contribution in [-0.2, 0) is 22.4 Å². The van der Waals surface area contributed by atoms with Gasteiger partial charge in [0.25, 0.3) is 0 Å². The van der Waals surface area contributed by atoms with Crippen LogP contribution in [0.15, 0.2) is 60.7 Å². The van der Waals surface area contributed by atoms with Crippen molar-refractivity contribution in [1.29, 1.82) is 0 Å². The number of rotatable bonds is 7. The van der Waals surface area contributed by atoms with Crippen LogP contribution in [0.3, 0.4) is 0 Å². The van der Waals surface area contributed by atoms with E-state index in [1.165, 1.54) is 11.1 Å². The van der Waals surface area contributed by atoms with Gasteiger partial charge in [-0.2, -0.15) is 0 Å². The molecule has 0 fully saturated rings. The molecule has 0 saturated heterocycles. The first-order valence-electron chi connectivity index (χ1n) is 9.41. The van der Waals surface area contributed by atoms with E-state index in [-0.39, 0.29) is 12.1 Å². The lowest BCUT2D eigenvalue weighted by Crippen LogP contribution is -2.32. The minimum Gasteiger partial charge on any atom is -0.481 e. The Labute approximate surface area is 172 Å². The van der Waals surface area contributed by atoms with E-state index in [4.69, 9.17) is 27.4 Å². The standard InChI is InChI=1S/2C9H13N.C4H7NO4/c2*1-8(10)7-9-5-3-2-4-6-9;5-2(4(8)9)1-3(6)7/h2*2-6,8H,7,10H2,1H3;2H,1,5H2,(H,6,7)(H,8,9)/t;;2-/m..1/s1. The van der Waals surface area contributed by atoms with Gasteiger partial charge < -0.3 is 27.4 Å². The Hall–Kier alpha value is -2.74. The van der Waals surface area contributed by atoms with E-state index in [1.54, 1.807) is 0 Å². The molecule has 0 bridgehead atoms. The highest BCUT2D eigenvalue weighted by Gasteiger charge is 2.14. The van der Waals surface area contributed by atoms with Crippen molar-refractivity contribution in [2.24, 2.45) is 17.2 Å². The summed E-state index contributed by atoms with van der Waals surface area (Å²) in [4.78, 5) is 19.6. The van der Waals surface area contributed by atoms with Gasteiger partial charge in [-0.15, -0.1) is 0 Å². The Kier molecular flexibility index (Phi) is 13.8. The van der Waals surface area contributed by atoms with Crippen LogP contribution in [-0.4, -0.2) is 40.3 Å². The van der Waals surface area contributed by atoms with Crippen LogP contribution in [0.1, 0.15) is 31.4 Å². The molecular formula is C22H33N3O4. The summed E-state index contributed by atoms with van der Waals surface area (Å²) in [5.74, 6) is -2.50. The molecule has 0 amide bonds. The van der Waals surface area contributed by atoms with E-state index < -0.39 is 24.4 Å². The molecule has 0 aliphatic rings. The zero-order valence-electron chi connectivity index (χ0n) is 17.1. The number of nitrogens with two attached hydrogens (primary N) is 3. The van der Waals surface area contributed by atoms with Gasteiger partial charge in [-0.05, 0) is 37.8 Å². The third kappa shape index (κ3) is 16.0. The van der Waals surface area contributed by atoms with Crippen molar-refractivity contribution >= 4 is 11.9 Å². The number of aliphatic carboxylic acids is 2. The Bertz CT molecular complexity index is 646. The normalized spacial score (nSPS) is 12.9. The first-order chi connectivity index (χ1) is 13.6. The summed E-state index contributed by atoms with van der Waals surface area (Å²) in [7, 11) is 0. The number of benzene rings is 2. The first kappa shape index (κ1) is 26.3. The van der Waals surface area contributed by atoms with Gasteiger partial charge in [0.05, 0.1) is 6.42 Å². The van der Waals surface area contributed by atoms with Crippen molar-refractivity contribution in [2.45, 2.75) is 51.2 Å². The van der Waals surface area contributed by atoms with Crippen LogP contribution in [0.25, 0.3) is 0 Å². The van der Waals surface area contributed by atoms with E-state index in [0.717, 1.165) is 12.8 Å². The monoisotopic (exact) mass is 403 g/mol. The maximum absolute atomic E-state index is 9.85. The van der Waals surface area contributed by atoms with Crippen LogP contribution >= 0.6 is 0 Å². The molecule has 0 radical (unpaired) electrons. The molecule has 160 valence electrons. The van der Waals surface area contributed by atoms with Crippen LogP contribution in [0.2, 0.25) is 0 Å². The average Bonchev–Trinajstić information content (AvgIpc) is 2.63. The SMILES string of the molecule is CC(N)Cc1ccccc1.CC(N)Cc1ccccc1.N[C@H](CC(=O)O)C(=O)O. The third-order valence-electron chi connectivity index (χ3n) is 3.51. The summed E-state index contributed by atoms with van der Waals surface area (Å²) >= 11 is 0. The second-order valence-electron chi connectivity index (χ2n) is 6.88. The van der Waals surface area contributed by atoms with Crippen LogP contribution in [0.5, 0.6) is 0 Å². The molecule has 7 nitrogen and oxygen atoms in total. The summed E-state index contributed by atoms with van der Waals surface area (Å²) in [6.45, 7) is 4.04. The molecule has 7 heteroatoms. The fraction of sp³-hybridized carbons (Fsp3) is 0.364. The van der Waals surface area contributed by atoms with Gasteiger partial charge in [0, 0.05) is 12.1 Å². The average molecular weight is 404 g/mol. The van der Waals surface area contributed by atoms with Gasteiger partial charge in [-0.25, -0.2) is 0 Å². The van der Waals surface area contributed by atoms with Crippen molar-refractivity contribution in [2.75, 3.05) is 0 Å². The number of carbonyl (C=O) groups is 2. The van der Waals surface area contributed by atoms with Crippen molar-refractivity contribution in [3.05, 3.63) is 71.8 Å². The van der Waals surface area contributed by atoms with Crippen molar-refractivity contribution in [3.63, 3.8) is 0 Å².